The van der Waals surface area contributed by atoms with E-state index in [-0.39, 0.29) is 18.4 Å². The van der Waals surface area contributed by atoms with E-state index in [1.54, 1.807) is 7.05 Å². The van der Waals surface area contributed by atoms with Gasteiger partial charge in [-0.3, -0.25) is 9.56 Å². The van der Waals surface area contributed by atoms with E-state index in [1.165, 1.54) is 12.4 Å². The summed E-state index contributed by atoms with van der Waals surface area (Å²) in [6.45, 7) is 4.16. The number of nitrogens with one attached hydrogen (secondary N) is 2. The average Bonchev–Trinajstić information content (AvgIpc) is 3.15. The number of imidazole rings is 1. The fourth-order valence-electron chi connectivity index (χ4n) is 2.69. The largest absolute Gasteiger partial charge is 0.444 e. The average molecular weight is 372 g/mol. The number of nitrogens with zero attached hydrogens (tertiary/aromatic N) is 4. The first kappa shape index (κ1) is 19.9. The lowest BCUT2D eigenvalue weighted by molar-refractivity contribution is 0.0507. The first-order valence-corrected chi connectivity index (χ1v) is 8.44. The van der Waals surface area contributed by atoms with Gasteiger partial charge in [-0.1, -0.05) is 0 Å². The van der Waals surface area contributed by atoms with Crippen LogP contribution in [0.5, 0.6) is 0 Å². The van der Waals surface area contributed by atoms with Crippen LogP contribution in [0.25, 0.3) is 0 Å². The Morgan fingerprint density at radius 2 is 2.23 bits per heavy atom. The molecule has 146 valence electrons. The Balaban J connectivity index is 1.86. The highest BCUT2D eigenvalue weighted by Crippen LogP contribution is 2.14. The molecule has 0 bridgehead atoms. The Hall–Kier alpha value is -2.39. The fourth-order valence-corrected chi connectivity index (χ4v) is 2.69. The van der Waals surface area contributed by atoms with Gasteiger partial charge in [-0.05, 0) is 27.2 Å². The Morgan fingerprint density at radius 3 is 2.85 bits per heavy atom. The van der Waals surface area contributed by atoms with Crippen LogP contribution in [0.4, 0.5) is 13.6 Å². The van der Waals surface area contributed by atoms with Crippen molar-refractivity contribution in [3.63, 3.8) is 0 Å². The number of aliphatic imine (C=N–C) groups is 1. The van der Waals surface area contributed by atoms with Crippen LogP contribution in [0.2, 0.25) is 0 Å². The third-order valence-corrected chi connectivity index (χ3v) is 3.78. The van der Waals surface area contributed by atoms with Crippen LogP contribution < -0.4 is 10.6 Å². The van der Waals surface area contributed by atoms with Crippen molar-refractivity contribution >= 4 is 12.1 Å². The molecule has 1 unspecified atom stereocenters. The summed E-state index contributed by atoms with van der Waals surface area (Å²) < 4.78 is 31.8. The summed E-state index contributed by atoms with van der Waals surface area (Å²) in [4.78, 5) is 21.9. The summed E-state index contributed by atoms with van der Waals surface area (Å²) in [7, 11) is 1.62. The molecule has 1 fully saturated rings. The third-order valence-electron chi connectivity index (χ3n) is 3.78. The summed E-state index contributed by atoms with van der Waals surface area (Å²) >= 11 is 0. The molecule has 0 spiro atoms. The Bertz CT molecular complexity index is 641. The molecule has 1 aliphatic rings. The summed E-state index contributed by atoms with van der Waals surface area (Å²) in [6, 6.07) is -0.0635. The van der Waals surface area contributed by atoms with E-state index in [0.717, 1.165) is 11.0 Å². The smallest absolute Gasteiger partial charge is 0.407 e. The molecular weight excluding hydrogens is 346 g/mol. The number of hydrogen-bond donors (Lipinski definition) is 2. The predicted octanol–water partition coefficient (Wildman–Crippen LogP) is 1.95. The quantitative estimate of drug-likeness (QED) is 0.624. The van der Waals surface area contributed by atoms with Crippen LogP contribution >= 0.6 is 0 Å². The molecule has 0 aliphatic carbocycles. The van der Waals surface area contributed by atoms with Crippen LogP contribution in [-0.4, -0.2) is 58.3 Å². The van der Waals surface area contributed by atoms with Crippen LogP contribution in [0.15, 0.2) is 17.4 Å². The maximum absolute atomic E-state index is 12.9. The topological polar surface area (TPSA) is 83.8 Å². The van der Waals surface area contributed by atoms with Gasteiger partial charge >= 0.3 is 12.6 Å². The van der Waals surface area contributed by atoms with Crippen molar-refractivity contribution in [1.29, 1.82) is 0 Å². The minimum atomic E-state index is -2.63. The normalized spacial score (nSPS) is 18.3. The van der Waals surface area contributed by atoms with Gasteiger partial charge in [0.25, 0.3) is 0 Å². The lowest BCUT2D eigenvalue weighted by Gasteiger charge is -2.23. The molecule has 0 aromatic carbocycles. The zero-order valence-electron chi connectivity index (χ0n) is 15.5. The molecule has 10 heteroatoms. The standard InChI is InChI=1S/C16H26F2N6O2/c1-16(2,3)26-15(25)22-11-5-7-23(10-11)14(19-4)21-9-12-20-6-8-24(12)13(17)18/h6,8,11,13H,5,7,9-10H2,1-4H3,(H,19,21)(H,22,25). The molecule has 1 saturated heterocycles. The molecule has 8 nitrogen and oxygen atoms in total. The van der Waals surface area contributed by atoms with Crippen molar-refractivity contribution in [2.24, 2.45) is 4.99 Å². The van der Waals surface area contributed by atoms with E-state index in [1.807, 2.05) is 25.7 Å². The van der Waals surface area contributed by atoms with Gasteiger partial charge in [0.1, 0.15) is 11.4 Å². The fraction of sp³-hybridized carbons (Fsp3) is 0.688. The van der Waals surface area contributed by atoms with Crippen molar-refractivity contribution in [3.8, 4) is 0 Å². The second-order valence-corrected chi connectivity index (χ2v) is 7.01. The number of alkyl carbamates (subject to hydrolysis) is 1. The van der Waals surface area contributed by atoms with Gasteiger partial charge in [-0.2, -0.15) is 8.78 Å². The number of ether oxygens (including phenoxy) is 1. The number of amides is 1. The lowest BCUT2D eigenvalue weighted by atomic mass is 10.2. The molecule has 0 radical (unpaired) electrons. The number of alkyl halides is 2. The summed E-state index contributed by atoms with van der Waals surface area (Å²) in [6.07, 6.45) is 2.86. The molecule has 1 aromatic heterocycles. The number of aromatic nitrogens is 2. The number of carbonyl (C=O) groups excluding carboxylic acids is 1. The number of rotatable bonds is 4. The van der Waals surface area contributed by atoms with Gasteiger partial charge in [-0.25, -0.2) is 9.78 Å². The highest BCUT2D eigenvalue weighted by molar-refractivity contribution is 5.80. The minimum Gasteiger partial charge on any atom is -0.444 e. The molecule has 2 rings (SSSR count). The molecule has 26 heavy (non-hydrogen) atoms. The Morgan fingerprint density at radius 1 is 1.50 bits per heavy atom. The third kappa shape index (κ3) is 5.57. The van der Waals surface area contributed by atoms with E-state index in [9.17, 15) is 13.6 Å². The predicted molar refractivity (Wildman–Crippen MR) is 93.0 cm³/mol. The minimum absolute atomic E-state index is 0.0635. The Kier molecular flexibility index (Phi) is 6.38. The first-order chi connectivity index (χ1) is 12.2. The number of likely N-dealkylation sites (tertiary alicyclic amines) is 1. The van der Waals surface area contributed by atoms with E-state index in [2.05, 4.69) is 20.6 Å². The van der Waals surface area contributed by atoms with Gasteiger partial charge in [0.05, 0.1) is 12.6 Å². The van der Waals surface area contributed by atoms with E-state index >= 15 is 0 Å². The van der Waals surface area contributed by atoms with Crippen LogP contribution in [0.1, 0.15) is 39.6 Å². The van der Waals surface area contributed by atoms with Crippen molar-refractivity contribution in [3.05, 3.63) is 18.2 Å². The summed E-state index contributed by atoms with van der Waals surface area (Å²) in [5.41, 5.74) is -0.549. The van der Waals surface area contributed by atoms with Gasteiger partial charge in [0, 0.05) is 32.5 Å². The van der Waals surface area contributed by atoms with Crippen molar-refractivity contribution < 1.29 is 18.3 Å². The SMILES string of the molecule is CN=C(NCc1nccn1C(F)F)N1CCC(NC(=O)OC(C)(C)C)C1. The maximum Gasteiger partial charge on any atom is 0.407 e. The molecule has 1 aliphatic heterocycles. The molecule has 2 N–H and O–H groups in total. The monoisotopic (exact) mass is 372 g/mol. The maximum atomic E-state index is 12.9. The van der Waals surface area contributed by atoms with Gasteiger partial charge in [0.2, 0.25) is 0 Å². The summed E-state index contributed by atoms with van der Waals surface area (Å²) in [5, 5.41) is 5.87. The van der Waals surface area contributed by atoms with Crippen molar-refractivity contribution in [2.45, 2.75) is 51.9 Å². The highest BCUT2D eigenvalue weighted by Gasteiger charge is 2.28. The first-order valence-electron chi connectivity index (χ1n) is 8.44. The van der Waals surface area contributed by atoms with Crippen LogP contribution in [0, 0.1) is 0 Å². The molecular formula is C16H26F2N6O2. The number of halogens is 2. The molecule has 0 saturated carbocycles. The van der Waals surface area contributed by atoms with Gasteiger partial charge in [0.15, 0.2) is 5.96 Å². The van der Waals surface area contributed by atoms with E-state index in [0.29, 0.717) is 19.0 Å². The second-order valence-electron chi connectivity index (χ2n) is 7.01. The number of guanidine groups is 1. The lowest BCUT2D eigenvalue weighted by Crippen LogP contribution is -2.44. The number of carbonyl (C=O) groups is 1. The van der Waals surface area contributed by atoms with Gasteiger partial charge < -0.3 is 20.3 Å². The second kappa shape index (κ2) is 8.33. The molecule has 2 heterocycles. The molecule has 1 atom stereocenters. The Labute approximate surface area is 151 Å². The molecule has 1 aromatic rings. The number of hydrogen-bond acceptors (Lipinski definition) is 4. The summed E-state index contributed by atoms with van der Waals surface area (Å²) in [5.74, 6) is 0.797. The zero-order chi connectivity index (χ0) is 19.3. The van der Waals surface area contributed by atoms with Gasteiger partial charge in [-0.15, -0.1) is 0 Å². The van der Waals surface area contributed by atoms with Crippen LogP contribution in [-0.2, 0) is 11.3 Å². The van der Waals surface area contributed by atoms with Crippen molar-refractivity contribution in [1.82, 2.24) is 25.1 Å². The van der Waals surface area contributed by atoms with Crippen molar-refractivity contribution in [2.75, 3.05) is 20.1 Å². The molecule has 1 amide bonds. The van der Waals surface area contributed by atoms with Crippen LogP contribution in [0.3, 0.4) is 0 Å². The zero-order valence-corrected chi connectivity index (χ0v) is 15.5. The van der Waals surface area contributed by atoms with E-state index < -0.39 is 18.2 Å². The van der Waals surface area contributed by atoms with E-state index in [4.69, 9.17) is 4.74 Å². The highest BCUT2D eigenvalue weighted by atomic mass is 19.3.